The third-order valence-corrected chi connectivity index (χ3v) is 8.13. The molecular weight excluding hydrogens is 458 g/mol. The normalized spacial score (nSPS) is 15.0. The van der Waals surface area contributed by atoms with Crippen LogP contribution in [0.3, 0.4) is 0 Å². The lowest BCUT2D eigenvalue weighted by atomic mass is 9.93. The summed E-state index contributed by atoms with van der Waals surface area (Å²) in [5, 5.41) is 13.7. The number of benzene rings is 3. The van der Waals surface area contributed by atoms with E-state index in [1.165, 1.54) is 0 Å². The summed E-state index contributed by atoms with van der Waals surface area (Å²) in [4.78, 5) is 11.6. The molecular formula is C29H27NO4S. The van der Waals surface area contributed by atoms with Gasteiger partial charge in [-0.15, -0.1) is 0 Å². The van der Waals surface area contributed by atoms with E-state index >= 15 is 0 Å². The maximum absolute atomic E-state index is 12.6. The monoisotopic (exact) mass is 485 g/mol. The van der Waals surface area contributed by atoms with E-state index in [1.807, 2.05) is 85.8 Å². The average Bonchev–Trinajstić information content (AvgIpc) is 3.62. The summed E-state index contributed by atoms with van der Waals surface area (Å²) < 4.78 is 18.3. The number of carboxylic acids is 1. The minimum atomic E-state index is -0.970. The zero-order valence-electron chi connectivity index (χ0n) is 19.6. The summed E-state index contributed by atoms with van der Waals surface area (Å²) in [6.45, 7) is 1.92. The average molecular weight is 486 g/mol. The molecule has 35 heavy (non-hydrogen) atoms. The van der Waals surface area contributed by atoms with Gasteiger partial charge in [0.15, 0.2) is 5.76 Å². The predicted molar refractivity (Wildman–Crippen MR) is 138 cm³/mol. The molecule has 1 unspecified atom stereocenters. The van der Waals surface area contributed by atoms with E-state index in [2.05, 4.69) is 5.16 Å². The summed E-state index contributed by atoms with van der Waals surface area (Å²) in [5.74, 6) is 1.07. The zero-order chi connectivity index (χ0) is 24.4. The molecule has 0 spiro atoms. The van der Waals surface area contributed by atoms with E-state index in [1.54, 1.807) is 0 Å². The van der Waals surface area contributed by atoms with E-state index < -0.39 is 22.2 Å². The zero-order valence-corrected chi connectivity index (χ0v) is 20.4. The Morgan fingerprint density at radius 3 is 2.14 bits per heavy atom. The summed E-state index contributed by atoms with van der Waals surface area (Å²) in [7, 11) is -0.970. The molecule has 4 aromatic rings. The second-order valence-corrected chi connectivity index (χ2v) is 10.7. The van der Waals surface area contributed by atoms with Crippen molar-refractivity contribution in [2.75, 3.05) is 5.75 Å². The number of aromatic nitrogens is 1. The highest BCUT2D eigenvalue weighted by atomic mass is 32.2. The van der Waals surface area contributed by atoms with Crippen molar-refractivity contribution in [2.45, 2.75) is 37.4 Å². The third-order valence-electron chi connectivity index (χ3n) is 6.81. The molecule has 3 aromatic carbocycles. The van der Waals surface area contributed by atoms with Crippen LogP contribution in [0.25, 0.3) is 22.5 Å². The third kappa shape index (κ3) is 4.84. The lowest BCUT2D eigenvalue weighted by Crippen LogP contribution is -2.19. The molecule has 0 bridgehead atoms. The second-order valence-electron chi connectivity index (χ2n) is 9.14. The summed E-state index contributed by atoms with van der Waals surface area (Å²) in [6, 6.07) is 25.8. The molecule has 0 saturated heterocycles. The Balaban J connectivity index is 1.28. The van der Waals surface area contributed by atoms with Crippen LogP contribution < -0.4 is 0 Å². The SMILES string of the molecule is Cc1noc(-c2ccc(-c3ccc(C4(C(=O)O)CC4)cc3)cc2)c1CCS(=O)Cc1ccccc1. The van der Waals surface area contributed by atoms with Crippen LogP contribution in [0.4, 0.5) is 0 Å². The molecule has 0 radical (unpaired) electrons. The van der Waals surface area contributed by atoms with E-state index in [0.29, 0.717) is 30.8 Å². The molecule has 1 aromatic heterocycles. The molecule has 1 saturated carbocycles. The molecule has 5 rings (SSSR count). The Bertz CT molecular complexity index is 1350. The minimum absolute atomic E-state index is 0.543. The Morgan fingerprint density at radius 1 is 0.943 bits per heavy atom. The Labute approximate surface area is 207 Å². The standard InChI is InChI=1S/C29H27NO4S/c1-20-26(15-18-35(33)19-21-5-3-2-4-6-21)27(34-30-20)24-9-7-22(8-10-24)23-11-13-25(14-12-23)29(16-17-29)28(31)32/h2-14H,15-19H2,1H3,(H,31,32). The number of carboxylic acid groups (broad SMARTS) is 1. The van der Waals surface area contributed by atoms with Gasteiger partial charge in [0.05, 0.1) is 11.1 Å². The van der Waals surface area contributed by atoms with Gasteiger partial charge in [-0.05, 0) is 48.4 Å². The number of hydrogen-bond donors (Lipinski definition) is 1. The Morgan fingerprint density at radius 2 is 1.54 bits per heavy atom. The van der Waals surface area contributed by atoms with Crippen molar-refractivity contribution >= 4 is 16.8 Å². The van der Waals surface area contributed by atoms with Gasteiger partial charge >= 0.3 is 5.97 Å². The van der Waals surface area contributed by atoms with Gasteiger partial charge in [0.1, 0.15) is 0 Å². The number of aliphatic carboxylic acids is 1. The highest BCUT2D eigenvalue weighted by Gasteiger charge is 2.51. The van der Waals surface area contributed by atoms with Gasteiger partial charge in [-0.25, -0.2) is 0 Å². The molecule has 6 heteroatoms. The highest BCUT2D eigenvalue weighted by molar-refractivity contribution is 7.84. The smallest absolute Gasteiger partial charge is 0.314 e. The van der Waals surface area contributed by atoms with Crippen LogP contribution in [-0.4, -0.2) is 26.2 Å². The van der Waals surface area contributed by atoms with Crippen molar-refractivity contribution in [3.05, 3.63) is 101 Å². The quantitative estimate of drug-likeness (QED) is 0.318. The van der Waals surface area contributed by atoms with Crippen LogP contribution in [0, 0.1) is 6.92 Å². The predicted octanol–water partition coefficient (Wildman–Crippen LogP) is 5.92. The van der Waals surface area contributed by atoms with Gasteiger partial charge in [0.2, 0.25) is 0 Å². The lowest BCUT2D eigenvalue weighted by Gasteiger charge is -2.11. The van der Waals surface area contributed by atoms with Crippen molar-refractivity contribution in [3.63, 3.8) is 0 Å². The Hall–Kier alpha value is -3.51. The van der Waals surface area contributed by atoms with Gasteiger partial charge in [-0.1, -0.05) is 84.0 Å². The maximum atomic E-state index is 12.6. The number of nitrogens with zero attached hydrogens (tertiary/aromatic N) is 1. The van der Waals surface area contributed by atoms with Gasteiger partial charge in [-0.3, -0.25) is 9.00 Å². The lowest BCUT2D eigenvalue weighted by molar-refractivity contribution is -0.140. The molecule has 178 valence electrons. The van der Waals surface area contributed by atoms with Crippen molar-refractivity contribution in [1.29, 1.82) is 0 Å². The fourth-order valence-corrected chi connectivity index (χ4v) is 5.65. The number of aryl methyl sites for hydroxylation is 1. The largest absolute Gasteiger partial charge is 0.481 e. The molecule has 1 aliphatic carbocycles. The maximum Gasteiger partial charge on any atom is 0.314 e. The fraction of sp³-hybridized carbons (Fsp3) is 0.241. The molecule has 0 aliphatic heterocycles. The van der Waals surface area contributed by atoms with Crippen LogP contribution in [0.5, 0.6) is 0 Å². The van der Waals surface area contributed by atoms with Crippen molar-refractivity contribution < 1.29 is 18.6 Å². The van der Waals surface area contributed by atoms with Crippen LogP contribution >= 0.6 is 0 Å². The number of hydrogen-bond acceptors (Lipinski definition) is 4. The molecule has 1 fully saturated rings. The van der Waals surface area contributed by atoms with Crippen LogP contribution in [-0.2, 0) is 33.2 Å². The molecule has 5 nitrogen and oxygen atoms in total. The highest BCUT2D eigenvalue weighted by Crippen LogP contribution is 2.48. The minimum Gasteiger partial charge on any atom is -0.481 e. The van der Waals surface area contributed by atoms with E-state index in [9.17, 15) is 14.1 Å². The van der Waals surface area contributed by atoms with Crippen LogP contribution in [0.2, 0.25) is 0 Å². The first-order valence-corrected chi connectivity index (χ1v) is 13.2. The molecule has 1 N–H and O–H groups in total. The first kappa shape index (κ1) is 23.2. The van der Waals surface area contributed by atoms with Crippen LogP contribution in [0.1, 0.15) is 35.2 Å². The molecule has 1 heterocycles. The van der Waals surface area contributed by atoms with Gasteiger partial charge in [0, 0.05) is 33.4 Å². The fourth-order valence-electron chi connectivity index (χ4n) is 4.50. The first-order chi connectivity index (χ1) is 17.0. The van der Waals surface area contributed by atoms with Gasteiger partial charge < -0.3 is 9.63 Å². The molecule has 0 amide bonds. The van der Waals surface area contributed by atoms with Crippen molar-refractivity contribution in [1.82, 2.24) is 5.16 Å². The first-order valence-electron chi connectivity index (χ1n) is 11.7. The molecule has 1 aliphatic rings. The van der Waals surface area contributed by atoms with Crippen molar-refractivity contribution in [3.8, 4) is 22.5 Å². The summed E-state index contributed by atoms with van der Waals surface area (Å²) in [5.41, 5.74) is 6.08. The topological polar surface area (TPSA) is 80.4 Å². The number of rotatable bonds is 9. The van der Waals surface area contributed by atoms with Crippen molar-refractivity contribution in [2.24, 2.45) is 0 Å². The number of carbonyl (C=O) groups is 1. The summed E-state index contributed by atoms with van der Waals surface area (Å²) in [6.07, 6.45) is 2.04. The van der Waals surface area contributed by atoms with E-state index in [0.717, 1.165) is 44.8 Å². The summed E-state index contributed by atoms with van der Waals surface area (Å²) >= 11 is 0. The second kappa shape index (κ2) is 9.62. The van der Waals surface area contributed by atoms with E-state index in [4.69, 9.17) is 4.52 Å². The molecule has 1 atom stereocenters. The van der Waals surface area contributed by atoms with E-state index in [-0.39, 0.29) is 0 Å². The van der Waals surface area contributed by atoms with Gasteiger partial charge in [-0.2, -0.15) is 0 Å². The Kier molecular flexibility index (Phi) is 6.39. The van der Waals surface area contributed by atoms with Crippen LogP contribution in [0.15, 0.2) is 83.4 Å². The van der Waals surface area contributed by atoms with Gasteiger partial charge in [0.25, 0.3) is 0 Å².